The molecule has 1 aliphatic heterocycles. The highest BCUT2D eigenvalue weighted by molar-refractivity contribution is 6.32. The number of methoxy groups -OCH3 is 2. The summed E-state index contributed by atoms with van der Waals surface area (Å²) in [5.74, 6) is 0.400. The van der Waals surface area contributed by atoms with Crippen LogP contribution in [0.2, 0.25) is 0 Å². The molecule has 1 aromatic carbocycles. The number of hydrogen-bond donors (Lipinski definition) is 1. The molecule has 1 fully saturated rings. The first-order valence-corrected chi connectivity index (χ1v) is 8.91. The van der Waals surface area contributed by atoms with Crippen LogP contribution in [0.5, 0.6) is 11.5 Å². The summed E-state index contributed by atoms with van der Waals surface area (Å²) in [6.45, 7) is 1.60. The van der Waals surface area contributed by atoms with Crippen LogP contribution >= 0.6 is 0 Å². The summed E-state index contributed by atoms with van der Waals surface area (Å²) in [5.41, 5.74) is 0.784. The lowest BCUT2D eigenvalue weighted by Gasteiger charge is -2.33. The minimum absolute atomic E-state index is 0.105. The fraction of sp³-hybridized carbons (Fsp3) is 0.474. The molecule has 0 bridgehead atoms. The molecule has 2 heterocycles. The Balaban J connectivity index is 1.73. The Morgan fingerprint density at radius 3 is 2.44 bits per heavy atom. The van der Waals surface area contributed by atoms with Gasteiger partial charge in [0.05, 0.1) is 19.7 Å². The van der Waals surface area contributed by atoms with E-state index in [4.69, 9.17) is 14.6 Å². The number of carboxylic acid groups (broad SMARTS) is 1. The van der Waals surface area contributed by atoms with E-state index in [2.05, 4.69) is 14.9 Å². The zero-order chi connectivity index (χ0) is 19.4. The van der Waals surface area contributed by atoms with Gasteiger partial charge in [-0.25, -0.2) is 14.8 Å². The highest BCUT2D eigenvalue weighted by Gasteiger charge is 2.24. The second-order valence-corrected chi connectivity index (χ2v) is 6.62. The van der Waals surface area contributed by atoms with Gasteiger partial charge in [0.2, 0.25) is 5.78 Å². The predicted octanol–water partition coefficient (Wildman–Crippen LogP) is 2.30. The number of piperidine rings is 1. The predicted molar refractivity (Wildman–Crippen MR) is 99.5 cm³/mol. The maximum Gasteiger partial charge on any atom is 0.372 e. The van der Waals surface area contributed by atoms with Crippen molar-refractivity contribution in [2.45, 2.75) is 25.7 Å². The molecule has 3 rings (SSSR count). The van der Waals surface area contributed by atoms with Gasteiger partial charge in [-0.15, -0.1) is 0 Å². The maximum atomic E-state index is 11.3. The summed E-state index contributed by atoms with van der Waals surface area (Å²) in [5, 5.41) is 9.59. The highest BCUT2D eigenvalue weighted by Crippen LogP contribution is 2.36. The Bertz CT molecular complexity index is 847. The van der Waals surface area contributed by atoms with Crippen molar-refractivity contribution in [3.05, 3.63) is 18.5 Å². The van der Waals surface area contributed by atoms with Gasteiger partial charge in [-0.05, 0) is 31.2 Å². The van der Waals surface area contributed by atoms with E-state index < -0.39 is 11.8 Å². The van der Waals surface area contributed by atoms with Gasteiger partial charge in [-0.3, -0.25) is 4.79 Å². The smallest absolute Gasteiger partial charge is 0.372 e. The number of Topliss-reactive ketones (excluding diaryl/α,β-unsaturated/α-hetero) is 1. The van der Waals surface area contributed by atoms with Gasteiger partial charge in [-0.1, -0.05) is 0 Å². The van der Waals surface area contributed by atoms with E-state index >= 15 is 0 Å². The molecule has 1 N–H and O–H groups in total. The number of carbonyl (C=O) groups is 2. The molecule has 0 unspecified atom stereocenters. The third-order valence-electron chi connectivity index (χ3n) is 5.05. The van der Waals surface area contributed by atoms with Crippen LogP contribution in [0, 0.1) is 5.92 Å². The third kappa shape index (κ3) is 4.10. The number of anilines is 1. The number of fused-ring (bicyclic) bond motifs is 1. The fourth-order valence-electron chi connectivity index (χ4n) is 3.50. The van der Waals surface area contributed by atoms with E-state index in [1.54, 1.807) is 20.5 Å². The van der Waals surface area contributed by atoms with Crippen LogP contribution in [0.1, 0.15) is 25.7 Å². The van der Waals surface area contributed by atoms with E-state index in [9.17, 15) is 9.59 Å². The van der Waals surface area contributed by atoms with Crippen molar-refractivity contribution in [3.8, 4) is 11.5 Å². The monoisotopic (exact) mass is 373 g/mol. The first-order valence-electron chi connectivity index (χ1n) is 8.91. The van der Waals surface area contributed by atoms with Crippen LogP contribution in [0.4, 0.5) is 5.82 Å². The molecule has 0 aliphatic carbocycles. The first kappa shape index (κ1) is 18.9. The van der Waals surface area contributed by atoms with E-state index in [0.29, 0.717) is 23.8 Å². The Morgan fingerprint density at radius 2 is 1.81 bits per heavy atom. The van der Waals surface area contributed by atoms with Crippen LogP contribution < -0.4 is 14.4 Å². The molecule has 0 spiro atoms. The van der Waals surface area contributed by atoms with E-state index in [-0.39, 0.29) is 6.42 Å². The van der Waals surface area contributed by atoms with Crippen molar-refractivity contribution in [1.29, 1.82) is 0 Å². The quantitative estimate of drug-likeness (QED) is 0.738. The number of ketones is 1. The topological polar surface area (TPSA) is 102 Å². The third-order valence-corrected chi connectivity index (χ3v) is 5.05. The Hall–Kier alpha value is -2.90. The van der Waals surface area contributed by atoms with Crippen molar-refractivity contribution in [1.82, 2.24) is 9.97 Å². The molecular formula is C19H23N3O5. The number of carboxylic acids is 1. The second kappa shape index (κ2) is 8.20. The Morgan fingerprint density at radius 1 is 1.15 bits per heavy atom. The maximum absolute atomic E-state index is 11.3. The Kier molecular flexibility index (Phi) is 5.73. The molecule has 1 saturated heterocycles. The van der Waals surface area contributed by atoms with Gasteiger partial charge in [0, 0.05) is 31.0 Å². The number of nitrogens with zero attached hydrogens (tertiary/aromatic N) is 3. The summed E-state index contributed by atoms with van der Waals surface area (Å²) in [4.78, 5) is 32.9. The largest absolute Gasteiger partial charge is 0.493 e. The van der Waals surface area contributed by atoms with Crippen LogP contribution in [-0.2, 0) is 9.59 Å². The van der Waals surface area contributed by atoms with Crippen molar-refractivity contribution < 1.29 is 24.2 Å². The lowest BCUT2D eigenvalue weighted by molar-refractivity contribution is -0.149. The number of ether oxygens (including phenoxy) is 2. The molecule has 144 valence electrons. The number of benzene rings is 1. The summed E-state index contributed by atoms with van der Waals surface area (Å²) in [6, 6.07) is 3.73. The Labute approximate surface area is 157 Å². The lowest BCUT2D eigenvalue weighted by atomic mass is 9.91. The van der Waals surface area contributed by atoms with Crippen LogP contribution in [0.3, 0.4) is 0 Å². The van der Waals surface area contributed by atoms with E-state index in [1.807, 2.05) is 12.1 Å². The molecule has 1 aliphatic rings. The minimum atomic E-state index is -1.34. The molecule has 1 aromatic heterocycles. The average Bonchev–Trinajstić information content (AvgIpc) is 2.70. The van der Waals surface area contributed by atoms with Crippen LogP contribution in [-0.4, -0.2) is 54.1 Å². The molecule has 27 heavy (non-hydrogen) atoms. The number of aliphatic carboxylic acids is 1. The molecule has 0 amide bonds. The zero-order valence-corrected chi connectivity index (χ0v) is 15.5. The fourth-order valence-corrected chi connectivity index (χ4v) is 3.50. The molecule has 2 aromatic rings. The number of hydrogen-bond acceptors (Lipinski definition) is 7. The second-order valence-electron chi connectivity index (χ2n) is 6.62. The first-order chi connectivity index (χ1) is 13.0. The van der Waals surface area contributed by atoms with E-state index in [1.165, 1.54) is 0 Å². The van der Waals surface area contributed by atoms with Gasteiger partial charge >= 0.3 is 5.97 Å². The number of rotatable bonds is 7. The van der Waals surface area contributed by atoms with Gasteiger partial charge in [0.1, 0.15) is 12.1 Å². The van der Waals surface area contributed by atoms with Crippen molar-refractivity contribution >= 4 is 28.5 Å². The number of aromatic nitrogens is 2. The van der Waals surface area contributed by atoms with Gasteiger partial charge in [0.15, 0.2) is 11.5 Å². The standard InChI is InChI=1S/C19H23N3O5/c1-26-16-9-13-14(10-17(16)27-2)20-11-21-18(13)22-7-5-12(6-8-22)3-4-15(23)19(24)25/h9-12H,3-8H2,1-2H3,(H,24,25). The molecule has 8 nitrogen and oxygen atoms in total. The summed E-state index contributed by atoms with van der Waals surface area (Å²) in [6.07, 6.45) is 4.06. The molecule has 8 heteroatoms. The summed E-state index contributed by atoms with van der Waals surface area (Å²) >= 11 is 0. The average molecular weight is 373 g/mol. The number of carbonyl (C=O) groups excluding carboxylic acids is 1. The molecule has 0 saturated carbocycles. The van der Waals surface area contributed by atoms with E-state index in [0.717, 1.165) is 42.7 Å². The summed E-state index contributed by atoms with van der Waals surface area (Å²) < 4.78 is 10.7. The summed E-state index contributed by atoms with van der Waals surface area (Å²) in [7, 11) is 3.18. The molecular weight excluding hydrogens is 350 g/mol. The normalized spacial score (nSPS) is 15.0. The van der Waals surface area contributed by atoms with Gasteiger partial charge < -0.3 is 19.5 Å². The SMILES string of the molecule is COc1cc2ncnc(N3CCC(CCC(=O)C(=O)O)CC3)c2cc1OC. The van der Waals surface area contributed by atoms with Gasteiger partial charge in [0.25, 0.3) is 0 Å². The van der Waals surface area contributed by atoms with Crippen molar-refractivity contribution in [3.63, 3.8) is 0 Å². The molecule has 0 radical (unpaired) electrons. The highest BCUT2D eigenvalue weighted by atomic mass is 16.5. The zero-order valence-electron chi connectivity index (χ0n) is 15.5. The van der Waals surface area contributed by atoms with Gasteiger partial charge in [-0.2, -0.15) is 0 Å². The lowest BCUT2D eigenvalue weighted by Crippen LogP contribution is -2.34. The van der Waals surface area contributed by atoms with Crippen molar-refractivity contribution in [2.75, 3.05) is 32.2 Å². The molecule has 0 atom stereocenters. The van der Waals surface area contributed by atoms with Crippen molar-refractivity contribution in [2.24, 2.45) is 5.92 Å². The van der Waals surface area contributed by atoms with Crippen LogP contribution in [0.15, 0.2) is 18.5 Å². The van der Waals surface area contributed by atoms with Crippen LogP contribution in [0.25, 0.3) is 10.9 Å². The minimum Gasteiger partial charge on any atom is -0.493 e.